The molecule has 0 aliphatic carbocycles. The molecule has 0 saturated carbocycles. The molecule has 24 heavy (non-hydrogen) atoms. The van der Waals surface area contributed by atoms with Crippen molar-refractivity contribution in [2.75, 3.05) is 11.4 Å². The van der Waals surface area contributed by atoms with Crippen LogP contribution in [0.25, 0.3) is 5.82 Å². The van der Waals surface area contributed by atoms with E-state index in [0.717, 1.165) is 35.8 Å². The van der Waals surface area contributed by atoms with Crippen molar-refractivity contribution in [1.82, 2.24) is 9.72 Å². The molecule has 0 N–H and O–H groups in total. The molecule has 3 heterocycles. The van der Waals surface area contributed by atoms with Crippen molar-refractivity contribution in [3.8, 4) is 5.82 Å². The van der Waals surface area contributed by atoms with E-state index in [9.17, 15) is 4.79 Å². The fourth-order valence-electron chi connectivity index (χ4n) is 3.49. The molecule has 5 heteroatoms. The van der Waals surface area contributed by atoms with E-state index in [1.807, 2.05) is 60.6 Å². The molecule has 1 amide bonds. The van der Waals surface area contributed by atoms with Crippen LogP contribution in [0.5, 0.6) is 0 Å². The van der Waals surface area contributed by atoms with Crippen LogP contribution in [0.15, 0.2) is 40.9 Å². The minimum Gasteiger partial charge on any atom is -0.360 e. The van der Waals surface area contributed by atoms with Crippen LogP contribution in [-0.4, -0.2) is 22.2 Å². The molecule has 1 aliphatic heterocycles. The summed E-state index contributed by atoms with van der Waals surface area (Å²) in [5.41, 5.74) is 4.81. The van der Waals surface area contributed by atoms with Gasteiger partial charge in [-0.25, -0.2) is 0 Å². The first kappa shape index (κ1) is 14.8. The van der Waals surface area contributed by atoms with Crippen LogP contribution in [-0.2, 0) is 6.42 Å². The van der Waals surface area contributed by atoms with Crippen LogP contribution >= 0.6 is 0 Å². The Balaban J connectivity index is 1.75. The van der Waals surface area contributed by atoms with Gasteiger partial charge in [-0.3, -0.25) is 9.36 Å². The highest BCUT2D eigenvalue weighted by molar-refractivity contribution is 6.08. The summed E-state index contributed by atoms with van der Waals surface area (Å²) in [5, 5.41) is 4.08. The van der Waals surface area contributed by atoms with E-state index in [1.165, 1.54) is 5.56 Å². The van der Waals surface area contributed by atoms with Gasteiger partial charge in [-0.1, -0.05) is 23.4 Å². The number of hydrogen-bond acceptors (Lipinski definition) is 3. The molecule has 0 fully saturated rings. The zero-order valence-corrected chi connectivity index (χ0v) is 14.0. The maximum absolute atomic E-state index is 13.1. The first-order chi connectivity index (χ1) is 11.6. The lowest BCUT2D eigenvalue weighted by Crippen LogP contribution is -2.29. The Kier molecular flexibility index (Phi) is 3.30. The molecule has 0 bridgehead atoms. The van der Waals surface area contributed by atoms with Gasteiger partial charge in [-0.05, 0) is 44.9 Å². The lowest BCUT2D eigenvalue weighted by atomic mass is 10.1. The van der Waals surface area contributed by atoms with Crippen LogP contribution in [0.3, 0.4) is 0 Å². The number of para-hydroxylation sites is 1. The summed E-state index contributed by atoms with van der Waals surface area (Å²) in [6.45, 7) is 6.51. The van der Waals surface area contributed by atoms with Crippen molar-refractivity contribution < 1.29 is 9.32 Å². The molecule has 5 nitrogen and oxygen atoms in total. The molecular formula is C19H19N3O2. The minimum atomic E-state index is 0.0412. The van der Waals surface area contributed by atoms with Crippen LogP contribution < -0.4 is 4.90 Å². The molecular weight excluding hydrogens is 302 g/mol. The second-order valence-electron chi connectivity index (χ2n) is 6.25. The normalized spacial score (nSPS) is 13.4. The zero-order chi connectivity index (χ0) is 16.8. The number of fused-ring (bicyclic) bond motifs is 1. The van der Waals surface area contributed by atoms with E-state index in [2.05, 4.69) is 11.2 Å². The molecule has 1 aromatic carbocycles. The van der Waals surface area contributed by atoms with Crippen LogP contribution in [0, 0.1) is 20.8 Å². The maximum atomic E-state index is 13.1. The molecule has 2 aromatic heterocycles. The number of carbonyl (C=O) groups excluding carboxylic acids is 1. The standard InChI is InChI=1S/C19H19N3O2/c1-12-10-16(14(3)22(12)18-11-13(2)24-20-18)19(23)21-9-8-15-6-4-5-7-17(15)21/h4-7,10-11H,8-9H2,1-3H3. The van der Waals surface area contributed by atoms with E-state index in [1.54, 1.807) is 0 Å². The van der Waals surface area contributed by atoms with Gasteiger partial charge in [0.25, 0.3) is 5.91 Å². The van der Waals surface area contributed by atoms with Gasteiger partial charge in [-0.2, -0.15) is 0 Å². The monoisotopic (exact) mass is 321 g/mol. The van der Waals surface area contributed by atoms with Gasteiger partial charge in [0, 0.05) is 29.7 Å². The summed E-state index contributed by atoms with van der Waals surface area (Å²) in [7, 11) is 0. The smallest absolute Gasteiger partial charge is 0.260 e. The maximum Gasteiger partial charge on any atom is 0.260 e. The lowest BCUT2D eigenvalue weighted by Gasteiger charge is -2.17. The Hall–Kier alpha value is -2.82. The first-order valence-corrected chi connectivity index (χ1v) is 8.08. The predicted molar refractivity (Wildman–Crippen MR) is 91.9 cm³/mol. The Morgan fingerprint density at radius 1 is 1.17 bits per heavy atom. The molecule has 0 spiro atoms. The summed E-state index contributed by atoms with van der Waals surface area (Å²) in [6, 6.07) is 11.9. The summed E-state index contributed by atoms with van der Waals surface area (Å²) in [5.74, 6) is 1.50. The molecule has 4 rings (SSSR count). The topological polar surface area (TPSA) is 51.3 Å². The molecule has 0 unspecified atom stereocenters. The van der Waals surface area contributed by atoms with Gasteiger partial charge < -0.3 is 9.42 Å². The minimum absolute atomic E-state index is 0.0412. The van der Waals surface area contributed by atoms with Gasteiger partial charge in [0.2, 0.25) is 0 Å². The van der Waals surface area contributed by atoms with E-state index in [-0.39, 0.29) is 5.91 Å². The van der Waals surface area contributed by atoms with Gasteiger partial charge in [0.15, 0.2) is 5.82 Å². The van der Waals surface area contributed by atoms with Crippen molar-refractivity contribution in [2.45, 2.75) is 27.2 Å². The van der Waals surface area contributed by atoms with Crippen molar-refractivity contribution >= 4 is 11.6 Å². The van der Waals surface area contributed by atoms with E-state index in [4.69, 9.17) is 4.52 Å². The van der Waals surface area contributed by atoms with Gasteiger partial charge >= 0.3 is 0 Å². The largest absolute Gasteiger partial charge is 0.360 e. The number of carbonyl (C=O) groups is 1. The van der Waals surface area contributed by atoms with Crippen molar-refractivity contribution in [3.63, 3.8) is 0 Å². The average molecular weight is 321 g/mol. The van der Waals surface area contributed by atoms with Crippen molar-refractivity contribution in [3.05, 3.63) is 64.7 Å². The third-order valence-electron chi connectivity index (χ3n) is 4.64. The summed E-state index contributed by atoms with van der Waals surface area (Å²) in [4.78, 5) is 15.0. The lowest BCUT2D eigenvalue weighted by molar-refractivity contribution is 0.0989. The Morgan fingerprint density at radius 2 is 1.96 bits per heavy atom. The molecule has 0 atom stereocenters. The third-order valence-corrected chi connectivity index (χ3v) is 4.64. The highest BCUT2D eigenvalue weighted by Gasteiger charge is 2.28. The number of amides is 1. The number of aromatic nitrogens is 2. The Morgan fingerprint density at radius 3 is 2.71 bits per heavy atom. The average Bonchev–Trinajstić information content (AvgIpc) is 3.24. The molecule has 3 aromatic rings. The number of rotatable bonds is 2. The number of aryl methyl sites for hydroxylation is 2. The van der Waals surface area contributed by atoms with Gasteiger partial charge in [0.1, 0.15) is 5.76 Å². The first-order valence-electron chi connectivity index (χ1n) is 8.08. The summed E-state index contributed by atoms with van der Waals surface area (Å²) >= 11 is 0. The molecule has 0 radical (unpaired) electrons. The van der Waals surface area contributed by atoms with Crippen LogP contribution in [0.1, 0.15) is 33.1 Å². The Bertz CT molecular complexity index is 936. The number of anilines is 1. The second-order valence-corrected chi connectivity index (χ2v) is 6.25. The van der Waals surface area contributed by atoms with E-state index in [0.29, 0.717) is 11.4 Å². The van der Waals surface area contributed by atoms with Gasteiger partial charge in [-0.15, -0.1) is 0 Å². The highest BCUT2D eigenvalue weighted by Crippen LogP contribution is 2.30. The summed E-state index contributed by atoms with van der Waals surface area (Å²) in [6.07, 6.45) is 0.906. The molecule has 122 valence electrons. The SMILES string of the molecule is Cc1cc(-n2c(C)cc(C(=O)N3CCc4ccccc43)c2C)no1. The van der Waals surface area contributed by atoms with Gasteiger partial charge in [0.05, 0.1) is 5.56 Å². The number of nitrogens with zero attached hydrogens (tertiary/aromatic N) is 3. The zero-order valence-electron chi connectivity index (χ0n) is 14.0. The van der Waals surface area contributed by atoms with Crippen molar-refractivity contribution in [1.29, 1.82) is 0 Å². The third kappa shape index (κ3) is 2.16. The fourth-order valence-corrected chi connectivity index (χ4v) is 3.49. The van der Waals surface area contributed by atoms with Crippen LogP contribution in [0.4, 0.5) is 5.69 Å². The summed E-state index contributed by atoms with van der Waals surface area (Å²) < 4.78 is 7.14. The second kappa shape index (κ2) is 5.37. The molecule has 0 saturated heterocycles. The predicted octanol–water partition coefficient (Wildman–Crippen LogP) is 3.59. The van der Waals surface area contributed by atoms with E-state index >= 15 is 0 Å². The van der Waals surface area contributed by atoms with Crippen molar-refractivity contribution in [2.24, 2.45) is 0 Å². The van der Waals surface area contributed by atoms with Crippen LogP contribution in [0.2, 0.25) is 0 Å². The molecule has 1 aliphatic rings. The quantitative estimate of drug-likeness (QED) is 0.725. The number of benzene rings is 1. The van der Waals surface area contributed by atoms with E-state index < -0.39 is 0 Å². The number of hydrogen-bond donors (Lipinski definition) is 0. The fraction of sp³-hybridized carbons (Fsp3) is 0.263. The highest BCUT2D eigenvalue weighted by atomic mass is 16.5. The Labute approximate surface area is 140 Å².